The fraction of sp³-hybridized carbons (Fsp3) is 0.533. The van der Waals surface area contributed by atoms with Crippen molar-refractivity contribution < 1.29 is 0 Å². The summed E-state index contributed by atoms with van der Waals surface area (Å²) in [4.78, 5) is 4.55. The third kappa shape index (κ3) is 1.91. The molecule has 1 aromatic rings. The molecule has 2 rings (SSSR count). The number of hydrogen-bond donors (Lipinski definition) is 0. The Balaban J connectivity index is 2.59. The maximum atomic E-state index is 4.55. The van der Waals surface area contributed by atoms with E-state index < -0.39 is 0 Å². The Morgan fingerprint density at radius 3 is 2.50 bits per heavy atom. The predicted molar refractivity (Wildman–Crippen MR) is 69.5 cm³/mol. The maximum absolute atomic E-state index is 4.55. The first kappa shape index (κ1) is 11.4. The smallest absolute Gasteiger partial charge is 0.0484 e. The van der Waals surface area contributed by atoms with Crippen molar-refractivity contribution in [3.63, 3.8) is 0 Å². The molecule has 0 amide bonds. The van der Waals surface area contributed by atoms with Gasteiger partial charge in [0.25, 0.3) is 0 Å². The summed E-state index contributed by atoms with van der Waals surface area (Å²) < 4.78 is 0. The van der Waals surface area contributed by atoms with Crippen molar-refractivity contribution in [1.29, 1.82) is 0 Å². The molecule has 86 valence electrons. The lowest BCUT2D eigenvalue weighted by atomic mass is 9.82. The summed E-state index contributed by atoms with van der Waals surface area (Å²) >= 11 is 0. The van der Waals surface area contributed by atoms with Crippen molar-refractivity contribution in [2.24, 2.45) is 5.92 Å². The van der Waals surface area contributed by atoms with E-state index in [9.17, 15) is 0 Å². The minimum absolute atomic E-state index is 0.581. The minimum atomic E-state index is 0.581. The second-order valence-corrected chi connectivity index (χ2v) is 5.23. The van der Waals surface area contributed by atoms with Crippen LogP contribution in [0.5, 0.6) is 0 Å². The summed E-state index contributed by atoms with van der Waals surface area (Å²) in [6.45, 7) is 9.08. The summed E-state index contributed by atoms with van der Waals surface area (Å²) in [7, 11) is 0. The van der Waals surface area contributed by atoms with Gasteiger partial charge in [-0.3, -0.25) is 4.98 Å². The SMILES string of the molecule is CC(C)C1=CCCc2nccc(C(C)C)c21. The van der Waals surface area contributed by atoms with Crippen LogP contribution in [0.3, 0.4) is 0 Å². The molecule has 0 aliphatic heterocycles. The van der Waals surface area contributed by atoms with E-state index in [0.717, 1.165) is 12.8 Å². The van der Waals surface area contributed by atoms with Crippen molar-refractivity contribution in [2.45, 2.75) is 46.5 Å². The monoisotopic (exact) mass is 215 g/mol. The van der Waals surface area contributed by atoms with Crippen LogP contribution < -0.4 is 0 Å². The van der Waals surface area contributed by atoms with E-state index >= 15 is 0 Å². The molecular weight excluding hydrogens is 194 g/mol. The summed E-state index contributed by atoms with van der Waals surface area (Å²) in [5, 5.41) is 0. The van der Waals surface area contributed by atoms with Crippen LogP contribution >= 0.6 is 0 Å². The molecule has 1 nitrogen and oxygen atoms in total. The Kier molecular flexibility index (Phi) is 3.13. The largest absolute Gasteiger partial charge is 0.261 e. The van der Waals surface area contributed by atoms with E-state index in [1.54, 1.807) is 0 Å². The van der Waals surface area contributed by atoms with E-state index in [-0.39, 0.29) is 0 Å². The fourth-order valence-electron chi connectivity index (χ4n) is 2.52. The molecule has 0 fully saturated rings. The summed E-state index contributed by atoms with van der Waals surface area (Å²) in [5.74, 6) is 1.18. The van der Waals surface area contributed by atoms with Crippen LogP contribution in [0.1, 0.15) is 56.9 Å². The van der Waals surface area contributed by atoms with Crippen LogP contribution in [0.2, 0.25) is 0 Å². The van der Waals surface area contributed by atoms with Gasteiger partial charge < -0.3 is 0 Å². The molecule has 0 unspecified atom stereocenters. The molecule has 0 radical (unpaired) electrons. The standard InChI is InChI=1S/C15H21N/c1-10(2)12-6-5-7-14-15(12)13(11(3)4)8-9-16-14/h6,8-11H,5,7H2,1-4H3. The van der Waals surface area contributed by atoms with Crippen molar-refractivity contribution in [3.05, 3.63) is 35.2 Å². The van der Waals surface area contributed by atoms with Gasteiger partial charge in [0.15, 0.2) is 0 Å². The molecule has 1 heteroatoms. The number of fused-ring (bicyclic) bond motifs is 1. The van der Waals surface area contributed by atoms with Gasteiger partial charge in [0.2, 0.25) is 0 Å². The number of rotatable bonds is 2. The fourth-order valence-corrected chi connectivity index (χ4v) is 2.52. The molecule has 0 saturated carbocycles. The molecule has 16 heavy (non-hydrogen) atoms. The number of pyridine rings is 1. The minimum Gasteiger partial charge on any atom is -0.261 e. The van der Waals surface area contributed by atoms with Crippen LogP contribution in [0, 0.1) is 5.92 Å². The third-order valence-electron chi connectivity index (χ3n) is 3.34. The van der Waals surface area contributed by atoms with Gasteiger partial charge in [0.05, 0.1) is 0 Å². The number of nitrogens with zero attached hydrogens (tertiary/aromatic N) is 1. The Hall–Kier alpha value is -1.11. The van der Waals surface area contributed by atoms with E-state index in [2.05, 4.69) is 44.8 Å². The lowest BCUT2D eigenvalue weighted by Crippen LogP contribution is -2.10. The molecule has 0 saturated heterocycles. The zero-order valence-corrected chi connectivity index (χ0v) is 10.7. The zero-order chi connectivity index (χ0) is 11.7. The highest BCUT2D eigenvalue weighted by Gasteiger charge is 2.20. The van der Waals surface area contributed by atoms with Crippen molar-refractivity contribution in [3.8, 4) is 0 Å². The molecule has 1 aliphatic rings. The number of hydrogen-bond acceptors (Lipinski definition) is 1. The van der Waals surface area contributed by atoms with Crippen molar-refractivity contribution >= 4 is 5.57 Å². The number of aryl methyl sites for hydroxylation is 1. The average molecular weight is 215 g/mol. The summed E-state index contributed by atoms with van der Waals surface area (Å²) in [6, 6.07) is 2.19. The highest BCUT2D eigenvalue weighted by Crippen LogP contribution is 2.35. The second kappa shape index (κ2) is 4.40. The summed E-state index contributed by atoms with van der Waals surface area (Å²) in [5.41, 5.74) is 5.71. The number of aromatic nitrogens is 1. The Labute approximate surface area is 98.6 Å². The number of allylic oxidation sites excluding steroid dienone is 2. The van der Waals surface area contributed by atoms with Crippen molar-refractivity contribution in [2.75, 3.05) is 0 Å². The lowest BCUT2D eigenvalue weighted by molar-refractivity contribution is 0.788. The Bertz CT molecular complexity index is 413. The quantitative estimate of drug-likeness (QED) is 0.721. The highest BCUT2D eigenvalue weighted by atomic mass is 14.7. The van der Waals surface area contributed by atoms with Gasteiger partial charge in [-0.1, -0.05) is 33.8 Å². The predicted octanol–water partition coefficient (Wildman–Crippen LogP) is 4.19. The van der Waals surface area contributed by atoms with Gasteiger partial charge >= 0.3 is 0 Å². The molecule has 0 aromatic carbocycles. The van der Waals surface area contributed by atoms with E-state index in [1.807, 2.05) is 6.20 Å². The van der Waals surface area contributed by atoms with Gasteiger partial charge in [-0.15, -0.1) is 0 Å². The van der Waals surface area contributed by atoms with Crippen LogP contribution in [0.15, 0.2) is 18.3 Å². The highest BCUT2D eigenvalue weighted by molar-refractivity contribution is 5.73. The third-order valence-corrected chi connectivity index (χ3v) is 3.34. The topological polar surface area (TPSA) is 12.9 Å². The average Bonchev–Trinajstić information content (AvgIpc) is 2.27. The normalized spacial score (nSPS) is 15.2. The summed E-state index contributed by atoms with van der Waals surface area (Å²) in [6.07, 6.45) is 6.62. The van der Waals surface area contributed by atoms with E-state index in [0.29, 0.717) is 11.8 Å². The van der Waals surface area contributed by atoms with Gasteiger partial charge in [-0.05, 0) is 41.9 Å². The first-order valence-electron chi connectivity index (χ1n) is 6.29. The Morgan fingerprint density at radius 2 is 1.88 bits per heavy atom. The maximum Gasteiger partial charge on any atom is 0.0484 e. The molecular formula is C15H21N. The van der Waals surface area contributed by atoms with Gasteiger partial charge in [-0.25, -0.2) is 0 Å². The van der Waals surface area contributed by atoms with Crippen LogP contribution in [0.4, 0.5) is 0 Å². The second-order valence-electron chi connectivity index (χ2n) is 5.23. The van der Waals surface area contributed by atoms with Crippen LogP contribution in [-0.2, 0) is 6.42 Å². The van der Waals surface area contributed by atoms with Gasteiger partial charge in [0, 0.05) is 17.5 Å². The van der Waals surface area contributed by atoms with Gasteiger partial charge in [-0.2, -0.15) is 0 Å². The first-order chi connectivity index (χ1) is 7.61. The van der Waals surface area contributed by atoms with Crippen LogP contribution in [-0.4, -0.2) is 4.98 Å². The Morgan fingerprint density at radius 1 is 1.12 bits per heavy atom. The molecule has 0 spiro atoms. The van der Waals surface area contributed by atoms with Crippen LogP contribution in [0.25, 0.3) is 5.57 Å². The van der Waals surface area contributed by atoms with Gasteiger partial charge in [0.1, 0.15) is 0 Å². The molecule has 0 atom stereocenters. The lowest BCUT2D eigenvalue weighted by Gasteiger charge is -2.24. The molecule has 1 heterocycles. The van der Waals surface area contributed by atoms with E-state index in [1.165, 1.54) is 22.4 Å². The van der Waals surface area contributed by atoms with E-state index in [4.69, 9.17) is 0 Å². The van der Waals surface area contributed by atoms with Crippen molar-refractivity contribution in [1.82, 2.24) is 4.98 Å². The molecule has 0 N–H and O–H groups in total. The first-order valence-corrected chi connectivity index (χ1v) is 6.29. The molecule has 1 aromatic heterocycles. The molecule has 0 bridgehead atoms. The molecule has 1 aliphatic carbocycles. The zero-order valence-electron chi connectivity index (χ0n) is 10.7.